The molecule has 0 aromatic heterocycles. The van der Waals surface area contributed by atoms with Crippen molar-refractivity contribution >= 4 is 0 Å². The zero-order chi connectivity index (χ0) is 15.4. The number of aryl methyl sites for hydroxylation is 1. The fraction of sp³-hybridized carbons (Fsp3) is 0.647. The minimum absolute atomic E-state index is 0.172. The summed E-state index contributed by atoms with van der Waals surface area (Å²) in [6.07, 6.45) is 2.27. The molecule has 0 spiro atoms. The van der Waals surface area contributed by atoms with Crippen molar-refractivity contribution in [1.82, 2.24) is 9.80 Å². The second-order valence-electron chi connectivity index (χ2n) is 6.17. The average Bonchev–Trinajstić information content (AvgIpc) is 2.63. The van der Waals surface area contributed by atoms with Crippen molar-refractivity contribution in [2.75, 3.05) is 33.2 Å². The number of benzene rings is 1. The van der Waals surface area contributed by atoms with Crippen molar-refractivity contribution < 1.29 is 4.39 Å². The standard InChI is InChI=1S/C17H28FN3/c1-4-15-12-20(3)8-5-9-21(15)17(11-19)16-7-6-14(18)10-13(16)2/h6-7,10,15,17H,4-5,8-9,11-12,19H2,1-3H3. The highest BCUT2D eigenvalue weighted by Crippen LogP contribution is 2.28. The number of nitrogens with two attached hydrogens (primary N) is 1. The van der Waals surface area contributed by atoms with Gasteiger partial charge in [-0.1, -0.05) is 13.0 Å². The van der Waals surface area contributed by atoms with Crippen LogP contribution < -0.4 is 5.73 Å². The zero-order valence-electron chi connectivity index (χ0n) is 13.5. The van der Waals surface area contributed by atoms with Crippen molar-refractivity contribution in [3.8, 4) is 0 Å². The maximum absolute atomic E-state index is 13.4. The Morgan fingerprint density at radius 2 is 2.14 bits per heavy atom. The summed E-state index contributed by atoms with van der Waals surface area (Å²) in [5.74, 6) is -0.172. The zero-order valence-corrected chi connectivity index (χ0v) is 13.5. The van der Waals surface area contributed by atoms with Gasteiger partial charge in [0.25, 0.3) is 0 Å². The van der Waals surface area contributed by atoms with E-state index in [1.165, 1.54) is 5.56 Å². The van der Waals surface area contributed by atoms with Crippen LogP contribution in [0.3, 0.4) is 0 Å². The molecule has 0 aliphatic carbocycles. The second-order valence-corrected chi connectivity index (χ2v) is 6.17. The molecule has 1 aliphatic heterocycles. The third-order valence-electron chi connectivity index (χ3n) is 4.63. The van der Waals surface area contributed by atoms with E-state index in [2.05, 4.69) is 23.8 Å². The topological polar surface area (TPSA) is 32.5 Å². The van der Waals surface area contributed by atoms with Crippen LogP contribution in [0.2, 0.25) is 0 Å². The van der Waals surface area contributed by atoms with Crippen molar-refractivity contribution in [1.29, 1.82) is 0 Å². The SMILES string of the molecule is CCC1CN(C)CCCN1C(CN)c1ccc(F)cc1C. The van der Waals surface area contributed by atoms with E-state index in [0.29, 0.717) is 12.6 Å². The Morgan fingerprint density at radius 3 is 2.76 bits per heavy atom. The Bertz CT molecular complexity index is 463. The summed E-state index contributed by atoms with van der Waals surface area (Å²) >= 11 is 0. The van der Waals surface area contributed by atoms with E-state index >= 15 is 0 Å². The Balaban J connectivity index is 2.29. The van der Waals surface area contributed by atoms with Gasteiger partial charge in [0.05, 0.1) is 0 Å². The second kappa shape index (κ2) is 7.34. The van der Waals surface area contributed by atoms with Gasteiger partial charge >= 0.3 is 0 Å². The molecule has 0 radical (unpaired) electrons. The number of likely N-dealkylation sites (N-methyl/N-ethyl adjacent to an activating group) is 1. The largest absolute Gasteiger partial charge is 0.329 e. The highest BCUT2D eigenvalue weighted by Gasteiger charge is 2.29. The van der Waals surface area contributed by atoms with Crippen LogP contribution in [0.15, 0.2) is 18.2 Å². The van der Waals surface area contributed by atoms with Gasteiger partial charge in [-0.2, -0.15) is 0 Å². The highest BCUT2D eigenvalue weighted by atomic mass is 19.1. The van der Waals surface area contributed by atoms with Crippen molar-refractivity contribution in [3.63, 3.8) is 0 Å². The lowest BCUT2D eigenvalue weighted by Gasteiger charge is -2.37. The molecule has 2 atom stereocenters. The van der Waals surface area contributed by atoms with Crippen LogP contribution in [0.4, 0.5) is 4.39 Å². The van der Waals surface area contributed by atoms with Gasteiger partial charge in [0, 0.05) is 31.7 Å². The van der Waals surface area contributed by atoms with Crippen LogP contribution in [-0.4, -0.2) is 49.1 Å². The van der Waals surface area contributed by atoms with E-state index in [4.69, 9.17) is 5.73 Å². The van der Waals surface area contributed by atoms with Crippen LogP contribution in [0.1, 0.15) is 36.9 Å². The van der Waals surface area contributed by atoms with E-state index in [1.54, 1.807) is 12.1 Å². The molecule has 0 amide bonds. The minimum atomic E-state index is -0.172. The van der Waals surface area contributed by atoms with Crippen LogP contribution in [0, 0.1) is 12.7 Å². The molecule has 4 heteroatoms. The maximum atomic E-state index is 13.4. The van der Waals surface area contributed by atoms with Gasteiger partial charge in [-0.05, 0) is 56.6 Å². The minimum Gasteiger partial charge on any atom is -0.329 e. The molecule has 21 heavy (non-hydrogen) atoms. The van der Waals surface area contributed by atoms with Gasteiger partial charge in [-0.15, -0.1) is 0 Å². The number of halogens is 1. The third kappa shape index (κ3) is 3.82. The Kier molecular flexibility index (Phi) is 5.73. The van der Waals surface area contributed by atoms with Crippen LogP contribution in [0.25, 0.3) is 0 Å². The predicted molar refractivity (Wildman–Crippen MR) is 85.8 cm³/mol. The van der Waals surface area contributed by atoms with E-state index in [1.807, 2.05) is 13.0 Å². The molecule has 1 aromatic rings. The lowest BCUT2D eigenvalue weighted by molar-refractivity contribution is 0.130. The van der Waals surface area contributed by atoms with Crippen molar-refractivity contribution in [2.45, 2.75) is 38.8 Å². The summed E-state index contributed by atoms with van der Waals surface area (Å²) in [5, 5.41) is 0. The first kappa shape index (κ1) is 16.4. The molecule has 118 valence electrons. The molecule has 2 N–H and O–H groups in total. The normalized spacial score (nSPS) is 23.0. The van der Waals surface area contributed by atoms with Gasteiger partial charge in [0.15, 0.2) is 0 Å². The first-order valence-corrected chi connectivity index (χ1v) is 7.97. The Labute approximate surface area is 127 Å². The van der Waals surface area contributed by atoms with Gasteiger partial charge in [0.2, 0.25) is 0 Å². The molecule has 2 rings (SSSR count). The summed E-state index contributed by atoms with van der Waals surface area (Å²) in [6, 6.07) is 5.76. The number of rotatable bonds is 4. The monoisotopic (exact) mass is 293 g/mol. The van der Waals surface area contributed by atoms with E-state index in [-0.39, 0.29) is 11.9 Å². The smallest absolute Gasteiger partial charge is 0.123 e. The Hall–Kier alpha value is -0.970. The number of hydrogen-bond donors (Lipinski definition) is 1. The lowest BCUT2D eigenvalue weighted by atomic mass is 9.97. The van der Waals surface area contributed by atoms with Crippen LogP contribution >= 0.6 is 0 Å². The molecule has 1 aliphatic rings. The van der Waals surface area contributed by atoms with E-state index in [0.717, 1.165) is 38.0 Å². The lowest BCUT2D eigenvalue weighted by Crippen LogP contribution is -2.44. The molecule has 0 saturated carbocycles. The summed E-state index contributed by atoms with van der Waals surface area (Å²) < 4.78 is 13.4. The predicted octanol–water partition coefficient (Wildman–Crippen LogP) is 2.55. The number of nitrogens with zero attached hydrogens (tertiary/aromatic N) is 2. The van der Waals surface area contributed by atoms with Gasteiger partial charge in [-0.3, -0.25) is 4.90 Å². The first-order chi connectivity index (χ1) is 10.1. The molecular formula is C17H28FN3. The highest BCUT2D eigenvalue weighted by molar-refractivity contribution is 5.30. The van der Waals surface area contributed by atoms with Crippen LogP contribution in [-0.2, 0) is 0 Å². The fourth-order valence-corrected chi connectivity index (χ4v) is 3.49. The molecule has 1 aromatic carbocycles. The summed E-state index contributed by atoms with van der Waals surface area (Å²) in [4.78, 5) is 4.93. The average molecular weight is 293 g/mol. The van der Waals surface area contributed by atoms with Crippen LogP contribution in [0.5, 0.6) is 0 Å². The maximum Gasteiger partial charge on any atom is 0.123 e. The quantitative estimate of drug-likeness (QED) is 0.926. The molecule has 1 saturated heterocycles. The summed E-state index contributed by atoms with van der Waals surface area (Å²) in [5.41, 5.74) is 8.26. The number of hydrogen-bond acceptors (Lipinski definition) is 3. The van der Waals surface area contributed by atoms with Gasteiger partial charge in [0.1, 0.15) is 5.82 Å². The van der Waals surface area contributed by atoms with E-state index < -0.39 is 0 Å². The van der Waals surface area contributed by atoms with E-state index in [9.17, 15) is 4.39 Å². The summed E-state index contributed by atoms with van der Waals surface area (Å²) in [7, 11) is 2.19. The molecule has 2 unspecified atom stereocenters. The van der Waals surface area contributed by atoms with Crippen molar-refractivity contribution in [2.24, 2.45) is 5.73 Å². The van der Waals surface area contributed by atoms with Crippen molar-refractivity contribution in [3.05, 3.63) is 35.1 Å². The fourth-order valence-electron chi connectivity index (χ4n) is 3.49. The first-order valence-electron chi connectivity index (χ1n) is 7.97. The Morgan fingerprint density at radius 1 is 1.38 bits per heavy atom. The van der Waals surface area contributed by atoms with Gasteiger partial charge < -0.3 is 10.6 Å². The molecule has 1 heterocycles. The summed E-state index contributed by atoms with van der Waals surface area (Å²) in [6.45, 7) is 8.06. The molecular weight excluding hydrogens is 265 g/mol. The van der Waals surface area contributed by atoms with Gasteiger partial charge in [-0.25, -0.2) is 4.39 Å². The molecule has 1 fully saturated rings. The third-order valence-corrected chi connectivity index (χ3v) is 4.63. The molecule has 3 nitrogen and oxygen atoms in total. The molecule has 0 bridgehead atoms.